The van der Waals surface area contributed by atoms with Crippen LogP contribution in [0.4, 0.5) is 0 Å². The van der Waals surface area contributed by atoms with E-state index in [0.29, 0.717) is 6.03 Å². The van der Waals surface area contributed by atoms with Gasteiger partial charge in [-0.15, -0.1) is 0 Å². The van der Waals surface area contributed by atoms with E-state index < -0.39 is 0 Å². The largest absolute Gasteiger partial charge is 0.299 e. The Labute approximate surface area is 40.1 Å². The summed E-state index contributed by atoms with van der Waals surface area (Å²) in [6, 6.07) is 0.667. The van der Waals surface area contributed by atoms with Crippen molar-refractivity contribution in [2.45, 2.75) is 0 Å². The summed E-state index contributed by atoms with van der Waals surface area (Å²) < 4.78 is 0. The van der Waals surface area contributed by atoms with Crippen molar-refractivity contribution in [2.24, 2.45) is 0 Å². The second-order valence-corrected chi connectivity index (χ2v) is 0.408. The average Bonchev–Trinajstić information content (AvgIpc) is 0.918. The van der Waals surface area contributed by atoms with Gasteiger partial charge >= 0.3 is 0 Å². The zero-order valence-electron chi connectivity index (χ0n) is 1.92. The van der Waals surface area contributed by atoms with Crippen molar-refractivity contribution in [2.75, 3.05) is 0 Å². The molecule has 0 rings (SSSR count). The molecule has 3 heteroatoms. The molecule has 0 aromatic heterocycles. The van der Waals surface area contributed by atoms with Crippen molar-refractivity contribution >= 4 is 15.3 Å². The van der Waals surface area contributed by atoms with Crippen LogP contribution in [-0.4, -0.2) is 6.03 Å². The van der Waals surface area contributed by atoms with Gasteiger partial charge in [-0.25, -0.2) is 0 Å². The van der Waals surface area contributed by atoms with Gasteiger partial charge in [0, 0.05) is 19.5 Å². The second kappa shape index (κ2) is 9.30. The Balaban J connectivity index is 0. The van der Waals surface area contributed by atoms with Gasteiger partial charge in [-0.05, 0) is 0 Å². The first-order chi connectivity index (χ1) is 1.41. The molecule has 26 valence electrons. The molecule has 0 fully saturated rings. The van der Waals surface area contributed by atoms with Crippen molar-refractivity contribution < 1.29 is 24.3 Å². The molecule has 0 amide bonds. The summed E-state index contributed by atoms with van der Waals surface area (Å²) in [5.74, 6) is 0. The number of rotatable bonds is 0. The Morgan fingerprint density at radius 2 is 1.75 bits per heavy atom. The summed E-state index contributed by atoms with van der Waals surface area (Å²) in [5.41, 5.74) is 0. The van der Waals surface area contributed by atoms with E-state index in [-0.39, 0.29) is 19.5 Å². The van der Waals surface area contributed by atoms with E-state index in [2.05, 4.69) is 0 Å². The molecule has 0 bridgehead atoms. The average molecular weight is 163 g/mol. The summed E-state index contributed by atoms with van der Waals surface area (Å²) >= 11 is 0. The fourth-order valence-electron chi connectivity index (χ4n) is 0. The van der Waals surface area contributed by atoms with Crippen LogP contribution in [0, 0.1) is 0 Å². The van der Waals surface area contributed by atoms with Gasteiger partial charge in [0.2, 0.25) is 0 Å². The van der Waals surface area contributed by atoms with Crippen LogP contribution < -0.4 is 0 Å². The van der Waals surface area contributed by atoms with E-state index in [1.54, 1.807) is 0 Å². The zero-order chi connectivity index (χ0) is 2.71. The van der Waals surface area contributed by atoms with E-state index in [1.165, 1.54) is 0 Å². The van der Waals surface area contributed by atoms with Gasteiger partial charge in [0.15, 0.2) is 0 Å². The quantitative estimate of drug-likeness (QED) is 0.280. The molecule has 0 aliphatic heterocycles. The van der Waals surface area contributed by atoms with E-state index in [9.17, 15) is 0 Å². The van der Waals surface area contributed by atoms with Gasteiger partial charge in [-0.1, -0.05) is 9.24 Å². The fraction of sp³-hybridized carbons (Fsp3) is 0. The van der Waals surface area contributed by atoms with E-state index in [4.69, 9.17) is 4.79 Å². The van der Waals surface area contributed by atoms with Crippen molar-refractivity contribution in [3.05, 3.63) is 0 Å². The van der Waals surface area contributed by atoms with Crippen LogP contribution in [0.3, 0.4) is 0 Å². The summed E-state index contributed by atoms with van der Waals surface area (Å²) in [5, 5.41) is 0. The minimum atomic E-state index is 0. The predicted octanol–water partition coefficient (Wildman–Crippen LogP) is 0.0492. The molecule has 0 aliphatic carbocycles. The topological polar surface area (TPSA) is 17.1 Å². The minimum Gasteiger partial charge on any atom is -0.299 e. The third-order valence-electron chi connectivity index (χ3n) is 0. The standard InChI is InChI=1S/CH3OP.Ru/c2-1-3;/h1H,3H2;. The molecule has 0 heterocycles. The third kappa shape index (κ3) is 15.5. The molecular weight excluding hydrogens is 160 g/mol. The van der Waals surface area contributed by atoms with Gasteiger partial charge in [0.05, 0.1) is 0 Å². The Morgan fingerprint density at radius 1 is 1.75 bits per heavy atom. The van der Waals surface area contributed by atoms with E-state index in [1.807, 2.05) is 9.24 Å². The van der Waals surface area contributed by atoms with Crippen molar-refractivity contribution in [1.29, 1.82) is 0 Å². The van der Waals surface area contributed by atoms with Gasteiger partial charge in [-0.2, -0.15) is 0 Å². The van der Waals surface area contributed by atoms with Crippen LogP contribution in [0.25, 0.3) is 0 Å². The third-order valence-corrected chi connectivity index (χ3v) is 0. The maximum atomic E-state index is 8.77. The van der Waals surface area contributed by atoms with Gasteiger partial charge < -0.3 is 0 Å². The number of hydrogen-bond acceptors (Lipinski definition) is 1. The molecule has 0 radical (unpaired) electrons. The summed E-state index contributed by atoms with van der Waals surface area (Å²) in [7, 11) is 1.90. The first kappa shape index (κ1) is 8.83. The van der Waals surface area contributed by atoms with Gasteiger partial charge in [0.1, 0.15) is 6.03 Å². The monoisotopic (exact) mass is 164 g/mol. The summed E-state index contributed by atoms with van der Waals surface area (Å²) in [6.45, 7) is 0. The first-order valence-electron chi connectivity index (χ1n) is 0.569. The van der Waals surface area contributed by atoms with Gasteiger partial charge in [0.25, 0.3) is 0 Å². The van der Waals surface area contributed by atoms with Crippen LogP contribution in [0.1, 0.15) is 0 Å². The SMILES string of the molecule is O=CP.[Ru]. The van der Waals surface area contributed by atoms with E-state index in [0.717, 1.165) is 0 Å². The number of carbonyl (C=O) groups is 1. The molecule has 0 saturated carbocycles. The number of hydrogen-bond donors (Lipinski definition) is 0. The van der Waals surface area contributed by atoms with Crippen LogP contribution >= 0.6 is 9.24 Å². The Bertz CT molecular complexity index is 15.5. The molecule has 4 heavy (non-hydrogen) atoms. The van der Waals surface area contributed by atoms with Gasteiger partial charge in [-0.3, -0.25) is 4.79 Å². The molecule has 0 spiro atoms. The van der Waals surface area contributed by atoms with Crippen molar-refractivity contribution in [3.63, 3.8) is 0 Å². The predicted molar refractivity (Wildman–Crippen MR) is 16.5 cm³/mol. The Morgan fingerprint density at radius 3 is 1.75 bits per heavy atom. The van der Waals surface area contributed by atoms with Crippen LogP contribution in [0.15, 0.2) is 0 Å². The molecule has 0 aromatic rings. The molecule has 1 atom stereocenters. The zero-order valence-corrected chi connectivity index (χ0v) is 4.81. The van der Waals surface area contributed by atoms with Crippen LogP contribution in [-0.2, 0) is 24.3 Å². The smallest absolute Gasteiger partial charge is 0.135 e. The molecule has 1 nitrogen and oxygen atoms in total. The molecular formula is CH3OPRu. The first-order valence-corrected chi connectivity index (χ1v) is 1.24. The number of carbonyl (C=O) groups excluding carboxylic acids is 1. The molecule has 0 N–H and O–H groups in total. The fourth-order valence-corrected chi connectivity index (χ4v) is 0. The maximum Gasteiger partial charge on any atom is 0.135 e. The van der Waals surface area contributed by atoms with E-state index >= 15 is 0 Å². The van der Waals surface area contributed by atoms with Crippen LogP contribution in [0.2, 0.25) is 0 Å². The second-order valence-electron chi connectivity index (χ2n) is 0.136. The van der Waals surface area contributed by atoms with Crippen LogP contribution in [0.5, 0.6) is 0 Å². The molecule has 1 unspecified atom stereocenters. The summed E-state index contributed by atoms with van der Waals surface area (Å²) in [6.07, 6.45) is 0. The Hall–Kier alpha value is 0.723. The Kier molecular flexibility index (Phi) is 20.5. The maximum absolute atomic E-state index is 8.77. The van der Waals surface area contributed by atoms with Crippen molar-refractivity contribution in [3.8, 4) is 0 Å². The molecule has 0 saturated heterocycles. The normalized spacial score (nSPS) is 3.25. The van der Waals surface area contributed by atoms with Crippen molar-refractivity contribution in [1.82, 2.24) is 0 Å². The molecule has 0 aromatic carbocycles. The minimum absolute atomic E-state index is 0. The molecule has 0 aliphatic rings. The summed E-state index contributed by atoms with van der Waals surface area (Å²) in [4.78, 5) is 8.77.